The molecule has 0 heterocycles. The zero-order chi connectivity index (χ0) is 14.8. The van der Waals surface area contributed by atoms with Crippen LogP contribution in [0.5, 0.6) is 0 Å². The molecule has 3 heteroatoms. The van der Waals surface area contributed by atoms with Crippen molar-refractivity contribution in [3.8, 4) is 0 Å². The molecule has 0 radical (unpaired) electrons. The van der Waals surface area contributed by atoms with Gasteiger partial charge in [0.1, 0.15) is 0 Å². The Morgan fingerprint density at radius 3 is 2.19 bits per heavy atom. The van der Waals surface area contributed by atoms with Crippen molar-refractivity contribution >= 4 is 11.6 Å². The first kappa shape index (κ1) is 16.0. The van der Waals surface area contributed by atoms with E-state index >= 15 is 0 Å². The molecule has 0 amide bonds. The predicted molar refractivity (Wildman–Crippen MR) is 90.8 cm³/mol. The molecule has 0 saturated carbocycles. The van der Waals surface area contributed by atoms with E-state index < -0.39 is 0 Å². The molecule has 0 unspecified atom stereocenters. The van der Waals surface area contributed by atoms with E-state index in [0.717, 1.165) is 44.0 Å². The molecular weight excluding hydrogens is 280 g/mol. The van der Waals surface area contributed by atoms with Crippen molar-refractivity contribution in [3.05, 3.63) is 70.7 Å². The third-order valence-electron chi connectivity index (χ3n) is 3.38. The van der Waals surface area contributed by atoms with Gasteiger partial charge in [-0.1, -0.05) is 54.1 Å². The highest BCUT2D eigenvalue weighted by Gasteiger charge is 1.94. The Labute approximate surface area is 132 Å². The highest BCUT2D eigenvalue weighted by molar-refractivity contribution is 6.30. The molecule has 0 aliphatic carbocycles. The van der Waals surface area contributed by atoms with Gasteiger partial charge in [0.05, 0.1) is 0 Å². The fourth-order valence-electron chi connectivity index (χ4n) is 2.18. The van der Waals surface area contributed by atoms with Crippen LogP contribution in [0.3, 0.4) is 0 Å². The van der Waals surface area contributed by atoms with Crippen LogP contribution in [0.4, 0.5) is 0 Å². The highest BCUT2D eigenvalue weighted by atomic mass is 35.5. The van der Waals surface area contributed by atoms with Crippen molar-refractivity contribution in [2.75, 3.05) is 19.6 Å². The predicted octanol–water partition coefficient (Wildman–Crippen LogP) is 3.65. The largest absolute Gasteiger partial charge is 0.316 e. The second-order valence-electron chi connectivity index (χ2n) is 5.14. The molecule has 0 aliphatic rings. The van der Waals surface area contributed by atoms with Gasteiger partial charge >= 0.3 is 0 Å². The van der Waals surface area contributed by atoms with E-state index in [1.54, 1.807) is 0 Å². The van der Waals surface area contributed by atoms with Gasteiger partial charge in [0.25, 0.3) is 0 Å². The zero-order valence-electron chi connectivity index (χ0n) is 12.3. The van der Waals surface area contributed by atoms with E-state index in [1.165, 1.54) is 11.1 Å². The lowest BCUT2D eigenvalue weighted by molar-refractivity contribution is 0.596. The number of hydrogen-bond acceptors (Lipinski definition) is 2. The van der Waals surface area contributed by atoms with Gasteiger partial charge in [0.15, 0.2) is 0 Å². The second kappa shape index (κ2) is 9.56. The summed E-state index contributed by atoms with van der Waals surface area (Å²) in [4.78, 5) is 0. The Bertz CT molecular complexity index is 496. The maximum Gasteiger partial charge on any atom is 0.0406 e. The molecule has 2 aromatic rings. The minimum atomic E-state index is 0.793. The molecule has 21 heavy (non-hydrogen) atoms. The van der Waals surface area contributed by atoms with Crippen LogP contribution in [0.15, 0.2) is 54.6 Å². The summed E-state index contributed by atoms with van der Waals surface area (Å²) in [6.45, 7) is 4.03. The van der Waals surface area contributed by atoms with Crippen molar-refractivity contribution in [2.45, 2.75) is 19.4 Å². The summed E-state index contributed by atoms with van der Waals surface area (Å²) in [5.74, 6) is 0. The maximum absolute atomic E-state index is 5.86. The molecule has 2 nitrogen and oxygen atoms in total. The lowest BCUT2D eigenvalue weighted by Crippen LogP contribution is -2.23. The molecule has 0 saturated heterocycles. The lowest BCUT2D eigenvalue weighted by Gasteiger charge is -2.07. The molecule has 2 aromatic carbocycles. The summed E-state index contributed by atoms with van der Waals surface area (Å²) in [6.07, 6.45) is 2.24. The molecule has 0 atom stereocenters. The first-order chi connectivity index (χ1) is 10.3. The Hall–Kier alpha value is -1.35. The molecule has 0 aromatic heterocycles. The topological polar surface area (TPSA) is 24.1 Å². The minimum Gasteiger partial charge on any atom is -0.316 e. The average Bonchev–Trinajstić information content (AvgIpc) is 2.53. The molecule has 2 rings (SSSR count). The minimum absolute atomic E-state index is 0.793. The van der Waals surface area contributed by atoms with Crippen molar-refractivity contribution in [1.82, 2.24) is 10.6 Å². The summed E-state index contributed by atoms with van der Waals surface area (Å²) in [7, 11) is 0. The first-order valence-corrected chi connectivity index (χ1v) is 7.92. The molecular formula is C18H23ClN2. The van der Waals surface area contributed by atoms with E-state index in [-0.39, 0.29) is 0 Å². The van der Waals surface area contributed by atoms with E-state index in [1.807, 2.05) is 12.1 Å². The van der Waals surface area contributed by atoms with Crippen molar-refractivity contribution in [1.29, 1.82) is 0 Å². The van der Waals surface area contributed by atoms with Crippen molar-refractivity contribution in [2.24, 2.45) is 0 Å². The van der Waals surface area contributed by atoms with Crippen LogP contribution >= 0.6 is 11.6 Å². The van der Waals surface area contributed by atoms with E-state index in [0.29, 0.717) is 0 Å². The van der Waals surface area contributed by atoms with Crippen molar-refractivity contribution < 1.29 is 0 Å². The normalized spacial score (nSPS) is 10.7. The van der Waals surface area contributed by atoms with Crippen LogP contribution in [-0.4, -0.2) is 19.6 Å². The van der Waals surface area contributed by atoms with E-state index in [4.69, 9.17) is 11.6 Å². The Morgan fingerprint density at radius 2 is 1.43 bits per heavy atom. The fourth-order valence-corrected chi connectivity index (χ4v) is 2.30. The summed E-state index contributed by atoms with van der Waals surface area (Å²) in [5.41, 5.74) is 2.67. The van der Waals surface area contributed by atoms with Crippen LogP contribution in [0.2, 0.25) is 5.02 Å². The number of rotatable bonds is 9. The summed E-state index contributed by atoms with van der Waals surface area (Å²) in [6, 6.07) is 18.6. The molecule has 0 aliphatic heterocycles. The van der Waals surface area contributed by atoms with Crippen LogP contribution in [0.1, 0.15) is 17.5 Å². The van der Waals surface area contributed by atoms with Crippen LogP contribution in [-0.2, 0) is 13.0 Å². The standard InChI is InChI=1S/C18H23ClN2/c19-18-9-7-17(8-10-18)15-21-13-4-12-20-14-11-16-5-2-1-3-6-16/h1-3,5-10,20-21H,4,11-15H2. The molecule has 0 bridgehead atoms. The molecule has 112 valence electrons. The third kappa shape index (κ3) is 6.76. The van der Waals surface area contributed by atoms with Gasteiger partial charge in [-0.05, 0) is 55.7 Å². The van der Waals surface area contributed by atoms with Gasteiger partial charge in [0, 0.05) is 11.6 Å². The Kier molecular flexibility index (Phi) is 7.30. The maximum atomic E-state index is 5.86. The number of benzene rings is 2. The smallest absolute Gasteiger partial charge is 0.0406 e. The summed E-state index contributed by atoms with van der Waals surface area (Å²) in [5, 5.41) is 7.72. The molecule has 0 fully saturated rings. The van der Waals surface area contributed by atoms with Gasteiger partial charge < -0.3 is 10.6 Å². The quantitative estimate of drug-likeness (QED) is 0.691. The highest BCUT2D eigenvalue weighted by Crippen LogP contribution is 2.08. The summed E-state index contributed by atoms with van der Waals surface area (Å²) >= 11 is 5.86. The van der Waals surface area contributed by atoms with Gasteiger partial charge in [-0.25, -0.2) is 0 Å². The number of hydrogen-bond donors (Lipinski definition) is 2. The van der Waals surface area contributed by atoms with Gasteiger partial charge in [-0.15, -0.1) is 0 Å². The molecule has 2 N–H and O–H groups in total. The van der Waals surface area contributed by atoms with E-state index in [2.05, 4.69) is 53.1 Å². The fraction of sp³-hybridized carbons (Fsp3) is 0.333. The van der Waals surface area contributed by atoms with Crippen molar-refractivity contribution in [3.63, 3.8) is 0 Å². The first-order valence-electron chi connectivity index (χ1n) is 7.54. The number of nitrogens with one attached hydrogen (secondary N) is 2. The Morgan fingerprint density at radius 1 is 0.714 bits per heavy atom. The van der Waals surface area contributed by atoms with Gasteiger partial charge in [0.2, 0.25) is 0 Å². The van der Waals surface area contributed by atoms with Crippen LogP contribution in [0, 0.1) is 0 Å². The van der Waals surface area contributed by atoms with Gasteiger partial charge in [-0.3, -0.25) is 0 Å². The second-order valence-corrected chi connectivity index (χ2v) is 5.58. The van der Waals surface area contributed by atoms with Crippen LogP contribution in [0.25, 0.3) is 0 Å². The molecule has 0 spiro atoms. The Balaban J connectivity index is 1.46. The summed E-state index contributed by atoms with van der Waals surface area (Å²) < 4.78 is 0. The average molecular weight is 303 g/mol. The van der Waals surface area contributed by atoms with Gasteiger partial charge in [-0.2, -0.15) is 0 Å². The lowest BCUT2D eigenvalue weighted by atomic mass is 10.1. The monoisotopic (exact) mass is 302 g/mol. The van der Waals surface area contributed by atoms with E-state index in [9.17, 15) is 0 Å². The van der Waals surface area contributed by atoms with Crippen LogP contribution < -0.4 is 10.6 Å². The zero-order valence-corrected chi connectivity index (χ0v) is 13.1. The number of halogens is 1. The SMILES string of the molecule is Clc1ccc(CNCCCNCCc2ccccc2)cc1. The third-order valence-corrected chi connectivity index (χ3v) is 3.63.